The predicted molar refractivity (Wildman–Crippen MR) is 50.7 cm³/mol. The second-order valence-electron chi connectivity index (χ2n) is 4.85. The fraction of sp³-hybridized carbons (Fsp3) is 0.667. The Bertz CT molecular complexity index is 261. The van der Waals surface area contributed by atoms with Gasteiger partial charge in [-0.3, -0.25) is 0 Å². The molecule has 0 heterocycles. The average Bonchev–Trinajstić information content (AvgIpc) is 2.30. The van der Waals surface area contributed by atoms with Gasteiger partial charge in [0.1, 0.15) is 0 Å². The molecule has 0 aromatic heterocycles. The molecule has 4 atom stereocenters. The fourth-order valence-electron chi connectivity index (χ4n) is 3.45. The van der Waals surface area contributed by atoms with Crippen LogP contribution in [0.15, 0.2) is 24.3 Å². The third-order valence-electron chi connectivity index (χ3n) is 4.34. The van der Waals surface area contributed by atoms with Crippen molar-refractivity contribution in [3.05, 3.63) is 24.3 Å². The molecule has 0 N–H and O–H groups in total. The first kappa shape index (κ1) is 6.94. The van der Waals surface area contributed by atoms with Crippen molar-refractivity contribution in [3.63, 3.8) is 0 Å². The molecule has 3 aliphatic carbocycles. The lowest BCUT2D eigenvalue weighted by Crippen LogP contribution is -2.33. The van der Waals surface area contributed by atoms with Gasteiger partial charge in [-0.15, -0.1) is 0 Å². The van der Waals surface area contributed by atoms with Crippen LogP contribution in [0.4, 0.5) is 0 Å². The summed E-state index contributed by atoms with van der Waals surface area (Å²) in [4.78, 5) is 0. The van der Waals surface area contributed by atoms with Crippen molar-refractivity contribution in [3.8, 4) is 0 Å². The minimum absolute atomic E-state index is 0.593. The first-order valence-electron chi connectivity index (χ1n) is 5.17. The molecular weight excluding hydrogens is 144 g/mol. The van der Waals surface area contributed by atoms with Gasteiger partial charge in [-0.25, -0.2) is 0 Å². The molecule has 4 unspecified atom stereocenters. The maximum atomic E-state index is 2.47. The molecule has 3 rings (SSSR count). The molecule has 0 saturated heterocycles. The molecule has 0 radical (unpaired) electrons. The van der Waals surface area contributed by atoms with Crippen LogP contribution in [0.2, 0.25) is 0 Å². The van der Waals surface area contributed by atoms with Gasteiger partial charge in [0, 0.05) is 0 Å². The van der Waals surface area contributed by atoms with Crippen LogP contribution < -0.4 is 0 Å². The minimum Gasteiger partial charge on any atom is -0.0882 e. The number of rotatable bonds is 0. The molecule has 0 aromatic carbocycles. The van der Waals surface area contributed by atoms with Crippen LogP contribution in [0.5, 0.6) is 0 Å². The number of hydrogen-bond acceptors (Lipinski definition) is 0. The maximum Gasteiger partial charge on any atom is -0.00495 e. The molecule has 0 nitrogen and oxygen atoms in total. The number of hydrogen-bond donors (Lipinski definition) is 0. The molecule has 64 valence electrons. The summed E-state index contributed by atoms with van der Waals surface area (Å²) in [5, 5.41) is 0. The zero-order valence-corrected chi connectivity index (χ0v) is 7.66. The minimum atomic E-state index is 0.593. The Balaban J connectivity index is 2.02. The third kappa shape index (κ3) is 0.646. The Morgan fingerprint density at radius 2 is 2.25 bits per heavy atom. The highest BCUT2D eigenvalue weighted by molar-refractivity contribution is 5.27. The normalized spacial score (nSPS) is 54.6. The van der Waals surface area contributed by atoms with E-state index in [0.29, 0.717) is 5.41 Å². The Morgan fingerprint density at radius 3 is 3.00 bits per heavy atom. The van der Waals surface area contributed by atoms with Crippen molar-refractivity contribution in [2.24, 2.45) is 23.2 Å². The van der Waals surface area contributed by atoms with E-state index < -0.39 is 0 Å². The molecule has 3 aliphatic rings. The molecule has 0 heteroatoms. The summed E-state index contributed by atoms with van der Waals surface area (Å²) in [5.41, 5.74) is 0.593. The fourth-order valence-corrected chi connectivity index (χ4v) is 3.45. The van der Waals surface area contributed by atoms with Crippen LogP contribution in [0.1, 0.15) is 26.2 Å². The molecule has 0 aromatic rings. The lowest BCUT2D eigenvalue weighted by Gasteiger charge is -2.41. The summed E-state index contributed by atoms with van der Waals surface area (Å²) in [6.45, 7) is 2.46. The van der Waals surface area contributed by atoms with E-state index in [1.54, 1.807) is 0 Å². The summed E-state index contributed by atoms with van der Waals surface area (Å²) in [6.07, 6.45) is 13.9. The summed E-state index contributed by atoms with van der Waals surface area (Å²) >= 11 is 0. The monoisotopic (exact) mass is 160 g/mol. The maximum absolute atomic E-state index is 2.47. The van der Waals surface area contributed by atoms with Crippen molar-refractivity contribution in [2.45, 2.75) is 26.2 Å². The van der Waals surface area contributed by atoms with Crippen LogP contribution in [-0.4, -0.2) is 0 Å². The van der Waals surface area contributed by atoms with E-state index in [9.17, 15) is 0 Å². The first-order valence-corrected chi connectivity index (χ1v) is 5.17. The Hall–Kier alpha value is -0.520. The van der Waals surface area contributed by atoms with E-state index in [2.05, 4.69) is 31.2 Å². The van der Waals surface area contributed by atoms with Gasteiger partial charge in [-0.1, -0.05) is 31.2 Å². The van der Waals surface area contributed by atoms with Crippen molar-refractivity contribution in [1.82, 2.24) is 0 Å². The largest absolute Gasteiger partial charge is 0.0882 e. The second kappa shape index (κ2) is 2.04. The van der Waals surface area contributed by atoms with E-state index >= 15 is 0 Å². The van der Waals surface area contributed by atoms with Gasteiger partial charge >= 0.3 is 0 Å². The molecule has 1 saturated carbocycles. The van der Waals surface area contributed by atoms with Crippen molar-refractivity contribution in [1.29, 1.82) is 0 Å². The SMILES string of the molecule is CC12C=CC1C1C=CCCC2C1. The highest BCUT2D eigenvalue weighted by atomic mass is 14.6. The highest BCUT2D eigenvalue weighted by Gasteiger charge is 2.52. The zero-order valence-electron chi connectivity index (χ0n) is 7.66. The topological polar surface area (TPSA) is 0 Å². The molecular formula is C12H16. The Labute approximate surface area is 74.4 Å². The Morgan fingerprint density at radius 1 is 1.33 bits per heavy atom. The third-order valence-corrected chi connectivity index (χ3v) is 4.34. The van der Waals surface area contributed by atoms with E-state index in [1.165, 1.54) is 19.3 Å². The average molecular weight is 160 g/mol. The summed E-state index contributed by atoms with van der Waals surface area (Å²) in [7, 11) is 0. The smallest absolute Gasteiger partial charge is 0.00495 e. The van der Waals surface area contributed by atoms with Gasteiger partial charge in [0.05, 0.1) is 0 Å². The predicted octanol–water partition coefficient (Wildman–Crippen LogP) is 3.16. The van der Waals surface area contributed by atoms with Crippen molar-refractivity contribution in [2.75, 3.05) is 0 Å². The van der Waals surface area contributed by atoms with Gasteiger partial charge in [-0.05, 0) is 42.4 Å². The van der Waals surface area contributed by atoms with E-state index in [-0.39, 0.29) is 0 Å². The standard InChI is InChI=1S/C12H16/c1-12-7-6-11(12)9-4-2-3-5-10(12)8-9/h2,4,6-7,9-11H,3,5,8H2,1H3. The summed E-state index contributed by atoms with van der Waals surface area (Å²) < 4.78 is 0. The number of allylic oxidation sites excluding steroid dienone is 4. The lowest BCUT2D eigenvalue weighted by molar-refractivity contribution is 0.210. The van der Waals surface area contributed by atoms with Crippen molar-refractivity contribution >= 4 is 0 Å². The van der Waals surface area contributed by atoms with Crippen LogP contribution in [0.25, 0.3) is 0 Å². The summed E-state index contributed by atoms with van der Waals surface area (Å²) in [5.74, 6) is 2.75. The van der Waals surface area contributed by atoms with Gasteiger partial charge in [-0.2, -0.15) is 0 Å². The van der Waals surface area contributed by atoms with E-state index in [0.717, 1.165) is 17.8 Å². The Kier molecular flexibility index (Phi) is 1.18. The van der Waals surface area contributed by atoms with Crippen LogP contribution in [0, 0.1) is 23.2 Å². The zero-order chi connectivity index (χ0) is 8.18. The van der Waals surface area contributed by atoms with Gasteiger partial charge in [0.2, 0.25) is 0 Å². The van der Waals surface area contributed by atoms with Gasteiger partial charge < -0.3 is 0 Å². The van der Waals surface area contributed by atoms with Gasteiger partial charge in [0.25, 0.3) is 0 Å². The van der Waals surface area contributed by atoms with E-state index in [4.69, 9.17) is 0 Å². The highest BCUT2D eigenvalue weighted by Crippen LogP contribution is 2.60. The van der Waals surface area contributed by atoms with Crippen LogP contribution in [0.3, 0.4) is 0 Å². The van der Waals surface area contributed by atoms with Crippen molar-refractivity contribution < 1.29 is 0 Å². The summed E-state index contributed by atoms with van der Waals surface area (Å²) in [6, 6.07) is 0. The lowest BCUT2D eigenvalue weighted by atomic mass is 9.63. The molecule has 12 heavy (non-hydrogen) atoms. The quantitative estimate of drug-likeness (QED) is 0.477. The molecule has 0 amide bonds. The van der Waals surface area contributed by atoms with Crippen LogP contribution in [-0.2, 0) is 0 Å². The van der Waals surface area contributed by atoms with Crippen LogP contribution >= 0.6 is 0 Å². The molecule has 0 spiro atoms. The number of fused-ring (bicyclic) bond motifs is 5. The first-order chi connectivity index (χ1) is 5.81. The molecule has 2 bridgehead atoms. The second-order valence-corrected chi connectivity index (χ2v) is 4.85. The van der Waals surface area contributed by atoms with E-state index in [1.807, 2.05) is 0 Å². The van der Waals surface area contributed by atoms with Gasteiger partial charge in [0.15, 0.2) is 0 Å². The molecule has 1 fully saturated rings. The molecule has 0 aliphatic heterocycles.